The molecule has 0 aromatic heterocycles. The Labute approximate surface area is 174 Å². The van der Waals surface area contributed by atoms with E-state index in [1.807, 2.05) is 4.90 Å². The Bertz CT molecular complexity index is 907. The predicted octanol–water partition coefficient (Wildman–Crippen LogP) is 2.71. The van der Waals surface area contributed by atoms with Crippen molar-refractivity contribution in [2.75, 3.05) is 32.7 Å². The van der Waals surface area contributed by atoms with E-state index in [2.05, 4.69) is 32.5 Å². The number of nitrogens with one attached hydrogen (secondary N) is 1. The van der Waals surface area contributed by atoms with E-state index >= 15 is 0 Å². The fourth-order valence-corrected chi connectivity index (χ4v) is 4.37. The van der Waals surface area contributed by atoms with Gasteiger partial charge in [0.05, 0.1) is 4.90 Å². The molecular weight excluding hydrogens is 442 g/mol. The van der Waals surface area contributed by atoms with Gasteiger partial charge in [-0.2, -0.15) is 0 Å². The van der Waals surface area contributed by atoms with Crippen molar-refractivity contribution < 1.29 is 13.2 Å². The van der Waals surface area contributed by atoms with E-state index in [0.29, 0.717) is 5.56 Å². The van der Waals surface area contributed by atoms with E-state index in [1.165, 1.54) is 0 Å². The zero-order chi connectivity index (χ0) is 20.1. The number of sulfonamides is 1. The zero-order valence-electron chi connectivity index (χ0n) is 15.8. The van der Waals surface area contributed by atoms with Crippen LogP contribution in [0.4, 0.5) is 0 Å². The second kappa shape index (κ2) is 9.17. The lowest BCUT2D eigenvalue weighted by Gasteiger charge is -2.34. The second-order valence-corrected chi connectivity index (χ2v) is 9.38. The Morgan fingerprint density at radius 1 is 1.00 bits per heavy atom. The maximum absolute atomic E-state index is 12.6. The summed E-state index contributed by atoms with van der Waals surface area (Å²) >= 11 is 3.29. The summed E-state index contributed by atoms with van der Waals surface area (Å²) < 4.78 is 28.1. The van der Waals surface area contributed by atoms with E-state index in [-0.39, 0.29) is 17.3 Å². The van der Waals surface area contributed by atoms with Crippen LogP contribution in [0.5, 0.6) is 0 Å². The summed E-state index contributed by atoms with van der Waals surface area (Å²) in [5.74, 6) is 0.0257. The molecule has 6 nitrogen and oxygen atoms in total. The SMILES string of the molecule is CCN1CCN(C(=O)c2ccc(CNS(=O)(=O)c3ccc(Br)cc3)cc2)CC1. The molecule has 2 aromatic carbocycles. The van der Waals surface area contributed by atoms with Crippen LogP contribution < -0.4 is 4.72 Å². The standard InChI is InChI=1S/C20H24BrN3O3S/c1-2-23-11-13-24(14-12-23)20(25)17-5-3-16(4-6-17)15-22-28(26,27)19-9-7-18(21)8-10-19/h3-10,22H,2,11-15H2,1H3. The Morgan fingerprint density at radius 2 is 1.61 bits per heavy atom. The number of carbonyl (C=O) groups excluding carboxylic acids is 1. The van der Waals surface area contributed by atoms with E-state index in [1.54, 1.807) is 48.5 Å². The lowest BCUT2D eigenvalue weighted by atomic mass is 10.1. The van der Waals surface area contributed by atoms with Gasteiger partial charge in [-0.3, -0.25) is 4.79 Å². The molecule has 0 bridgehead atoms. The van der Waals surface area contributed by atoms with Crippen LogP contribution in [0.3, 0.4) is 0 Å². The number of amides is 1. The van der Waals surface area contributed by atoms with Crippen LogP contribution in [0.15, 0.2) is 57.9 Å². The largest absolute Gasteiger partial charge is 0.336 e. The average molecular weight is 466 g/mol. The van der Waals surface area contributed by atoms with Gasteiger partial charge in [0.2, 0.25) is 10.0 Å². The average Bonchev–Trinajstić information content (AvgIpc) is 2.72. The molecule has 28 heavy (non-hydrogen) atoms. The van der Waals surface area contributed by atoms with Crippen LogP contribution in [0, 0.1) is 0 Å². The van der Waals surface area contributed by atoms with Crippen LogP contribution in [0.1, 0.15) is 22.8 Å². The summed E-state index contributed by atoms with van der Waals surface area (Å²) in [6, 6.07) is 13.6. The van der Waals surface area contributed by atoms with Crippen molar-refractivity contribution in [3.63, 3.8) is 0 Å². The van der Waals surface area contributed by atoms with Crippen molar-refractivity contribution in [1.82, 2.24) is 14.5 Å². The zero-order valence-corrected chi connectivity index (χ0v) is 18.2. The molecule has 1 aliphatic rings. The summed E-state index contributed by atoms with van der Waals surface area (Å²) in [7, 11) is -3.58. The molecule has 8 heteroatoms. The first kappa shape index (κ1) is 21.0. The number of piperazine rings is 1. The van der Waals surface area contributed by atoms with Gasteiger partial charge in [0.15, 0.2) is 0 Å². The first-order chi connectivity index (χ1) is 13.4. The number of nitrogens with zero attached hydrogens (tertiary/aromatic N) is 2. The lowest BCUT2D eigenvalue weighted by molar-refractivity contribution is 0.0643. The minimum absolute atomic E-state index is 0.0257. The number of benzene rings is 2. The summed E-state index contributed by atoms with van der Waals surface area (Å²) in [5.41, 5.74) is 1.43. The van der Waals surface area contributed by atoms with E-state index in [4.69, 9.17) is 0 Å². The first-order valence-electron chi connectivity index (χ1n) is 9.25. The van der Waals surface area contributed by atoms with Crippen molar-refractivity contribution in [3.05, 3.63) is 64.1 Å². The van der Waals surface area contributed by atoms with Gasteiger partial charge in [0.25, 0.3) is 5.91 Å². The number of likely N-dealkylation sites (N-methyl/N-ethyl adjacent to an activating group) is 1. The minimum atomic E-state index is -3.58. The number of carbonyl (C=O) groups is 1. The third-order valence-corrected chi connectivity index (χ3v) is 6.84. The monoisotopic (exact) mass is 465 g/mol. The maximum Gasteiger partial charge on any atom is 0.253 e. The molecule has 1 N–H and O–H groups in total. The highest BCUT2D eigenvalue weighted by Gasteiger charge is 2.21. The number of rotatable bonds is 6. The van der Waals surface area contributed by atoms with Crippen molar-refractivity contribution in [3.8, 4) is 0 Å². The summed E-state index contributed by atoms with van der Waals surface area (Å²) in [6.45, 7) is 6.58. The van der Waals surface area contributed by atoms with Crippen molar-refractivity contribution in [1.29, 1.82) is 0 Å². The number of hydrogen-bond acceptors (Lipinski definition) is 4. The van der Waals surface area contributed by atoms with Gasteiger partial charge in [-0.25, -0.2) is 13.1 Å². The molecule has 0 spiro atoms. The molecule has 3 rings (SSSR count). The maximum atomic E-state index is 12.6. The Kier molecular flexibility index (Phi) is 6.87. The Morgan fingerprint density at radius 3 is 2.18 bits per heavy atom. The molecule has 2 aromatic rings. The van der Waals surface area contributed by atoms with Crippen LogP contribution in [0.25, 0.3) is 0 Å². The Balaban J connectivity index is 1.58. The van der Waals surface area contributed by atoms with Gasteiger partial charge in [-0.15, -0.1) is 0 Å². The second-order valence-electron chi connectivity index (χ2n) is 6.70. The quantitative estimate of drug-likeness (QED) is 0.711. The molecule has 1 amide bonds. The van der Waals surface area contributed by atoms with Crippen LogP contribution in [0.2, 0.25) is 0 Å². The van der Waals surface area contributed by atoms with Crippen LogP contribution in [-0.4, -0.2) is 56.8 Å². The third kappa shape index (κ3) is 5.20. The molecule has 0 unspecified atom stereocenters. The number of hydrogen-bond donors (Lipinski definition) is 1. The van der Waals surface area contributed by atoms with Gasteiger partial charge in [0, 0.05) is 42.8 Å². The van der Waals surface area contributed by atoms with Crippen molar-refractivity contribution in [2.24, 2.45) is 0 Å². The molecule has 0 atom stereocenters. The van der Waals surface area contributed by atoms with Crippen molar-refractivity contribution >= 4 is 31.9 Å². The number of halogens is 1. The fraction of sp³-hybridized carbons (Fsp3) is 0.350. The Hall–Kier alpha value is -1.74. The van der Waals surface area contributed by atoms with Gasteiger partial charge < -0.3 is 9.80 Å². The molecule has 1 fully saturated rings. The van der Waals surface area contributed by atoms with Gasteiger partial charge >= 0.3 is 0 Å². The highest BCUT2D eigenvalue weighted by molar-refractivity contribution is 9.10. The summed E-state index contributed by atoms with van der Waals surface area (Å²) in [6.07, 6.45) is 0. The first-order valence-corrected chi connectivity index (χ1v) is 11.5. The summed E-state index contributed by atoms with van der Waals surface area (Å²) in [5, 5.41) is 0. The van der Waals surface area contributed by atoms with E-state index < -0.39 is 10.0 Å². The highest BCUT2D eigenvalue weighted by Crippen LogP contribution is 2.15. The molecule has 0 radical (unpaired) electrons. The highest BCUT2D eigenvalue weighted by atomic mass is 79.9. The molecule has 0 aliphatic carbocycles. The fourth-order valence-electron chi connectivity index (χ4n) is 3.09. The molecule has 150 valence electrons. The molecular formula is C20H24BrN3O3S. The normalized spacial score (nSPS) is 15.6. The third-order valence-electron chi connectivity index (χ3n) is 4.90. The molecule has 0 saturated carbocycles. The lowest BCUT2D eigenvalue weighted by Crippen LogP contribution is -2.48. The molecule has 1 heterocycles. The van der Waals surface area contributed by atoms with Gasteiger partial charge in [0.1, 0.15) is 0 Å². The smallest absolute Gasteiger partial charge is 0.253 e. The van der Waals surface area contributed by atoms with Gasteiger partial charge in [-0.1, -0.05) is 35.0 Å². The topological polar surface area (TPSA) is 69.7 Å². The van der Waals surface area contributed by atoms with Crippen LogP contribution in [-0.2, 0) is 16.6 Å². The van der Waals surface area contributed by atoms with Gasteiger partial charge in [-0.05, 0) is 48.5 Å². The molecule has 1 saturated heterocycles. The van der Waals surface area contributed by atoms with Crippen LogP contribution >= 0.6 is 15.9 Å². The minimum Gasteiger partial charge on any atom is -0.336 e. The predicted molar refractivity (Wildman–Crippen MR) is 113 cm³/mol. The van der Waals surface area contributed by atoms with Crippen molar-refractivity contribution in [2.45, 2.75) is 18.4 Å². The summed E-state index contributed by atoms with van der Waals surface area (Å²) in [4.78, 5) is 17.0. The molecule has 1 aliphatic heterocycles. The van der Waals surface area contributed by atoms with E-state index in [0.717, 1.165) is 42.8 Å². The van der Waals surface area contributed by atoms with E-state index in [9.17, 15) is 13.2 Å².